The second kappa shape index (κ2) is 7.80. The summed E-state index contributed by atoms with van der Waals surface area (Å²) in [4.78, 5) is 12.4. The van der Waals surface area contributed by atoms with Crippen molar-refractivity contribution in [2.75, 3.05) is 5.32 Å². The van der Waals surface area contributed by atoms with Gasteiger partial charge in [-0.15, -0.1) is 5.10 Å². The van der Waals surface area contributed by atoms with Crippen LogP contribution in [0.2, 0.25) is 0 Å². The Morgan fingerprint density at radius 2 is 1.96 bits per heavy atom. The number of carbonyl (C=O) groups is 1. The Morgan fingerprint density at radius 1 is 1.23 bits per heavy atom. The average Bonchev–Trinajstić information content (AvgIpc) is 3.10. The maximum atomic E-state index is 12.4. The molecule has 1 N–H and O–H groups in total. The van der Waals surface area contributed by atoms with Gasteiger partial charge in [0.15, 0.2) is 0 Å². The van der Waals surface area contributed by atoms with Gasteiger partial charge in [-0.25, -0.2) is 0 Å². The Hall–Kier alpha value is -3.18. The first kappa shape index (κ1) is 17.6. The number of nitrogens with one attached hydrogen (secondary N) is 1. The van der Waals surface area contributed by atoms with Crippen LogP contribution >= 0.6 is 11.8 Å². The summed E-state index contributed by atoms with van der Waals surface area (Å²) in [7, 11) is 0. The second-order valence-corrected chi connectivity index (χ2v) is 6.91. The summed E-state index contributed by atoms with van der Waals surface area (Å²) in [5, 5.41) is 23.6. The molecule has 0 aliphatic rings. The minimum absolute atomic E-state index is 0.168. The fourth-order valence-corrected chi connectivity index (χ4v) is 3.09. The molecule has 1 atom stereocenters. The van der Waals surface area contributed by atoms with Gasteiger partial charge >= 0.3 is 0 Å². The van der Waals surface area contributed by atoms with Crippen LogP contribution in [0.1, 0.15) is 18.1 Å². The molecule has 0 bridgehead atoms. The maximum Gasteiger partial charge on any atom is 0.237 e. The maximum absolute atomic E-state index is 12.4. The van der Waals surface area contributed by atoms with Crippen molar-refractivity contribution in [3.05, 3.63) is 59.7 Å². The Labute approximate surface area is 155 Å². The van der Waals surface area contributed by atoms with E-state index in [1.807, 2.05) is 37.3 Å². The Morgan fingerprint density at radius 3 is 2.65 bits per heavy atom. The molecule has 1 amide bonds. The molecule has 7 nitrogen and oxygen atoms in total. The molecule has 0 saturated heterocycles. The van der Waals surface area contributed by atoms with E-state index in [1.165, 1.54) is 11.8 Å². The fourth-order valence-electron chi connectivity index (χ4n) is 2.29. The van der Waals surface area contributed by atoms with Crippen molar-refractivity contribution in [3.63, 3.8) is 0 Å². The van der Waals surface area contributed by atoms with E-state index >= 15 is 0 Å². The number of para-hydroxylation sites is 1. The van der Waals surface area contributed by atoms with Gasteiger partial charge in [0, 0.05) is 5.69 Å². The molecular formula is C18H16N6OS. The first-order valence-corrected chi connectivity index (χ1v) is 8.78. The third-order valence-corrected chi connectivity index (χ3v) is 4.75. The van der Waals surface area contributed by atoms with Crippen LogP contribution in [0.15, 0.2) is 53.7 Å². The number of aryl methyl sites for hydroxylation is 1. The van der Waals surface area contributed by atoms with E-state index in [0.29, 0.717) is 16.4 Å². The van der Waals surface area contributed by atoms with Gasteiger partial charge in [-0.1, -0.05) is 30.0 Å². The highest BCUT2D eigenvalue weighted by molar-refractivity contribution is 8.00. The van der Waals surface area contributed by atoms with Gasteiger partial charge in [-0.3, -0.25) is 4.79 Å². The lowest BCUT2D eigenvalue weighted by Crippen LogP contribution is -2.23. The quantitative estimate of drug-likeness (QED) is 0.699. The number of hydrogen-bond acceptors (Lipinski definition) is 6. The lowest BCUT2D eigenvalue weighted by Gasteiger charge is -2.12. The van der Waals surface area contributed by atoms with Crippen molar-refractivity contribution in [2.24, 2.45) is 0 Å². The predicted octanol–water partition coefficient (Wildman–Crippen LogP) is 2.96. The Kier molecular flexibility index (Phi) is 5.29. The highest BCUT2D eigenvalue weighted by atomic mass is 32.2. The first-order chi connectivity index (χ1) is 12.6. The molecule has 3 rings (SSSR count). The molecule has 0 unspecified atom stereocenters. The largest absolute Gasteiger partial charge is 0.325 e. The molecule has 2 aromatic carbocycles. The standard InChI is InChI=1S/C18H16N6OS/c1-12-5-3-4-6-16(12)24-18(21-22-23-24)26-13(2)17(25)20-15-9-7-14(11-19)8-10-15/h3-10,13H,1-2H3,(H,20,25)/t13-/m0/s1. The van der Waals surface area contributed by atoms with E-state index in [1.54, 1.807) is 35.9 Å². The van der Waals surface area contributed by atoms with Gasteiger partial charge in [0.2, 0.25) is 11.1 Å². The number of aromatic nitrogens is 4. The number of anilines is 1. The summed E-state index contributed by atoms with van der Waals surface area (Å²) in [5.74, 6) is -0.168. The zero-order valence-corrected chi connectivity index (χ0v) is 15.1. The molecule has 0 saturated carbocycles. The number of amides is 1. The normalized spacial score (nSPS) is 11.6. The summed E-state index contributed by atoms with van der Waals surface area (Å²) >= 11 is 1.28. The van der Waals surface area contributed by atoms with Gasteiger partial charge in [0.25, 0.3) is 0 Å². The number of rotatable bonds is 5. The molecule has 1 heterocycles. The predicted molar refractivity (Wildman–Crippen MR) is 99.0 cm³/mol. The van der Waals surface area contributed by atoms with Crippen molar-refractivity contribution < 1.29 is 4.79 Å². The van der Waals surface area contributed by atoms with Crippen molar-refractivity contribution in [2.45, 2.75) is 24.3 Å². The van der Waals surface area contributed by atoms with Crippen LogP contribution in [0.25, 0.3) is 5.69 Å². The van der Waals surface area contributed by atoms with E-state index in [2.05, 4.69) is 20.8 Å². The third kappa shape index (κ3) is 3.90. The lowest BCUT2D eigenvalue weighted by molar-refractivity contribution is -0.115. The topological polar surface area (TPSA) is 96.5 Å². The Bertz CT molecular complexity index is 960. The third-order valence-electron chi connectivity index (χ3n) is 3.72. The molecule has 0 fully saturated rings. The summed E-state index contributed by atoms with van der Waals surface area (Å²) in [6.07, 6.45) is 0. The van der Waals surface area contributed by atoms with Crippen LogP contribution < -0.4 is 5.32 Å². The smallest absolute Gasteiger partial charge is 0.237 e. The summed E-state index contributed by atoms with van der Waals surface area (Å²) < 4.78 is 1.63. The Balaban J connectivity index is 1.71. The molecule has 0 aliphatic carbocycles. The molecule has 0 aliphatic heterocycles. The first-order valence-electron chi connectivity index (χ1n) is 7.90. The second-order valence-electron chi connectivity index (χ2n) is 5.60. The van der Waals surface area contributed by atoms with Gasteiger partial charge < -0.3 is 5.32 Å². The van der Waals surface area contributed by atoms with E-state index < -0.39 is 5.25 Å². The van der Waals surface area contributed by atoms with E-state index in [-0.39, 0.29) is 5.91 Å². The molecular weight excluding hydrogens is 348 g/mol. The highest BCUT2D eigenvalue weighted by Crippen LogP contribution is 2.25. The van der Waals surface area contributed by atoms with Gasteiger partial charge in [0.05, 0.1) is 22.6 Å². The summed E-state index contributed by atoms with van der Waals surface area (Å²) in [6.45, 7) is 3.77. The summed E-state index contributed by atoms with van der Waals surface area (Å²) in [5.41, 5.74) is 3.10. The monoisotopic (exact) mass is 364 g/mol. The minimum atomic E-state index is -0.403. The number of nitriles is 1. The number of benzene rings is 2. The van der Waals surface area contributed by atoms with Crippen LogP contribution in [0.3, 0.4) is 0 Å². The minimum Gasteiger partial charge on any atom is -0.325 e. The van der Waals surface area contributed by atoms with Crippen LogP contribution in [0.5, 0.6) is 0 Å². The van der Waals surface area contributed by atoms with Crippen molar-refractivity contribution in [1.82, 2.24) is 20.2 Å². The fraction of sp³-hybridized carbons (Fsp3) is 0.167. The van der Waals surface area contributed by atoms with Crippen LogP contribution in [0.4, 0.5) is 5.69 Å². The summed E-state index contributed by atoms with van der Waals surface area (Å²) in [6, 6.07) is 16.5. The van der Waals surface area contributed by atoms with Crippen LogP contribution in [-0.4, -0.2) is 31.4 Å². The van der Waals surface area contributed by atoms with Crippen LogP contribution in [-0.2, 0) is 4.79 Å². The number of carbonyl (C=O) groups excluding carboxylic acids is 1. The number of tetrazole rings is 1. The van der Waals surface area contributed by atoms with Crippen molar-refractivity contribution in [1.29, 1.82) is 5.26 Å². The van der Waals surface area contributed by atoms with E-state index in [4.69, 9.17) is 5.26 Å². The number of thioether (sulfide) groups is 1. The molecule has 26 heavy (non-hydrogen) atoms. The van der Waals surface area contributed by atoms with Crippen molar-refractivity contribution in [3.8, 4) is 11.8 Å². The number of hydrogen-bond donors (Lipinski definition) is 1. The zero-order valence-electron chi connectivity index (χ0n) is 14.2. The molecule has 3 aromatic rings. The molecule has 1 aromatic heterocycles. The van der Waals surface area contributed by atoms with Gasteiger partial charge in [0.1, 0.15) is 0 Å². The lowest BCUT2D eigenvalue weighted by atomic mass is 10.2. The van der Waals surface area contributed by atoms with Crippen molar-refractivity contribution >= 4 is 23.4 Å². The van der Waals surface area contributed by atoms with Gasteiger partial charge in [-0.05, 0) is 60.2 Å². The molecule has 130 valence electrons. The van der Waals surface area contributed by atoms with Crippen LogP contribution in [0, 0.1) is 18.3 Å². The van der Waals surface area contributed by atoms with Gasteiger partial charge in [-0.2, -0.15) is 9.94 Å². The van der Waals surface area contributed by atoms with E-state index in [9.17, 15) is 4.79 Å². The molecule has 8 heteroatoms. The average molecular weight is 364 g/mol. The number of nitrogens with zero attached hydrogens (tertiary/aromatic N) is 5. The highest BCUT2D eigenvalue weighted by Gasteiger charge is 2.20. The SMILES string of the molecule is Cc1ccccc1-n1nnnc1S[C@@H](C)C(=O)Nc1ccc(C#N)cc1. The zero-order chi connectivity index (χ0) is 18.5. The molecule has 0 spiro atoms. The molecule has 0 radical (unpaired) electrons. The van der Waals surface area contributed by atoms with E-state index in [0.717, 1.165) is 11.3 Å².